The Morgan fingerprint density at radius 1 is 1.27 bits per heavy atom. The Hall–Kier alpha value is -2.63. The van der Waals surface area contributed by atoms with Crippen molar-refractivity contribution < 1.29 is 4.79 Å². The molecule has 6 nitrogen and oxygen atoms in total. The van der Waals surface area contributed by atoms with E-state index in [1.165, 1.54) is 6.20 Å². The zero-order chi connectivity index (χ0) is 15.4. The second-order valence-electron chi connectivity index (χ2n) is 5.30. The number of likely N-dealkylation sites (tertiary alicyclic amines) is 1. The van der Waals surface area contributed by atoms with E-state index in [1.807, 2.05) is 18.2 Å². The number of urea groups is 1. The molecule has 3 rings (SSSR count). The molecule has 22 heavy (non-hydrogen) atoms. The van der Waals surface area contributed by atoms with Crippen LogP contribution in [0.1, 0.15) is 31.0 Å². The highest BCUT2D eigenvalue weighted by Gasteiger charge is 2.29. The first-order valence-electron chi connectivity index (χ1n) is 7.42. The van der Waals surface area contributed by atoms with Crippen LogP contribution in [0, 0.1) is 0 Å². The summed E-state index contributed by atoms with van der Waals surface area (Å²) in [6.07, 6.45) is 6.19. The summed E-state index contributed by atoms with van der Waals surface area (Å²) in [7, 11) is 0. The lowest BCUT2D eigenvalue weighted by Gasteiger charge is -2.35. The first kappa shape index (κ1) is 14.3. The van der Waals surface area contributed by atoms with Crippen LogP contribution in [0.25, 0.3) is 0 Å². The maximum atomic E-state index is 12.5. The van der Waals surface area contributed by atoms with Gasteiger partial charge in [0.2, 0.25) is 0 Å². The van der Waals surface area contributed by atoms with Gasteiger partial charge >= 0.3 is 6.03 Å². The van der Waals surface area contributed by atoms with E-state index >= 15 is 0 Å². The van der Waals surface area contributed by atoms with Gasteiger partial charge in [0, 0.05) is 18.9 Å². The predicted octanol–water partition coefficient (Wildman–Crippen LogP) is 2.53. The Balaban J connectivity index is 1.80. The number of aromatic amines is 1. The number of pyridine rings is 2. The molecule has 0 aliphatic carbocycles. The molecule has 2 N–H and O–H groups in total. The molecule has 1 fully saturated rings. The number of nitrogens with zero attached hydrogens (tertiary/aromatic N) is 2. The summed E-state index contributed by atoms with van der Waals surface area (Å²) in [4.78, 5) is 32.9. The van der Waals surface area contributed by atoms with Gasteiger partial charge in [0.15, 0.2) is 0 Å². The molecular formula is C16H18N4O2. The first-order chi connectivity index (χ1) is 10.8. The van der Waals surface area contributed by atoms with Crippen molar-refractivity contribution in [3.05, 3.63) is 58.8 Å². The van der Waals surface area contributed by atoms with Crippen LogP contribution in [0.15, 0.2) is 47.5 Å². The number of piperidine rings is 1. The lowest BCUT2D eigenvalue weighted by atomic mass is 9.99. The SMILES string of the molecule is O=C(Nc1ccc[nH]c1=O)N1CCCC[C@@H]1c1ccccn1. The van der Waals surface area contributed by atoms with E-state index in [4.69, 9.17) is 0 Å². The van der Waals surface area contributed by atoms with Crippen LogP contribution >= 0.6 is 0 Å². The van der Waals surface area contributed by atoms with Crippen molar-refractivity contribution in [3.63, 3.8) is 0 Å². The molecule has 114 valence electrons. The van der Waals surface area contributed by atoms with E-state index in [1.54, 1.807) is 23.2 Å². The number of hydrogen-bond donors (Lipinski definition) is 2. The molecule has 0 aromatic carbocycles. The van der Waals surface area contributed by atoms with E-state index in [-0.39, 0.29) is 23.3 Å². The van der Waals surface area contributed by atoms with E-state index in [9.17, 15) is 9.59 Å². The minimum absolute atomic E-state index is 0.0438. The van der Waals surface area contributed by atoms with Crippen LogP contribution in [0.2, 0.25) is 0 Å². The molecule has 0 saturated carbocycles. The number of anilines is 1. The number of carbonyl (C=O) groups excluding carboxylic acids is 1. The number of amides is 2. The zero-order valence-corrected chi connectivity index (χ0v) is 12.2. The summed E-state index contributed by atoms with van der Waals surface area (Å²) < 4.78 is 0. The van der Waals surface area contributed by atoms with E-state index in [0.717, 1.165) is 25.0 Å². The highest BCUT2D eigenvalue weighted by molar-refractivity contribution is 5.89. The zero-order valence-electron chi connectivity index (χ0n) is 12.2. The summed E-state index contributed by atoms with van der Waals surface area (Å²) in [6.45, 7) is 0.664. The van der Waals surface area contributed by atoms with E-state index in [2.05, 4.69) is 15.3 Å². The molecule has 6 heteroatoms. The molecule has 1 atom stereocenters. The van der Waals surface area contributed by atoms with Crippen molar-refractivity contribution in [3.8, 4) is 0 Å². The van der Waals surface area contributed by atoms with Crippen molar-refractivity contribution in [1.29, 1.82) is 0 Å². The molecular weight excluding hydrogens is 280 g/mol. The highest BCUT2D eigenvalue weighted by Crippen LogP contribution is 2.29. The van der Waals surface area contributed by atoms with Crippen LogP contribution < -0.4 is 10.9 Å². The number of nitrogens with one attached hydrogen (secondary N) is 2. The Kier molecular flexibility index (Phi) is 4.18. The van der Waals surface area contributed by atoms with Crippen molar-refractivity contribution in [1.82, 2.24) is 14.9 Å². The van der Waals surface area contributed by atoms with Gasteiger partial charge in [-0.3, -0.25) is 9.78 Å². The lowest BCUT2D eigenvalue weighted by Crippen LogP contribution is -2.42. The molecule has 2 aromatic heterocycles. The third-order valence-corrected chi connectivity index (χ3v) is 3.85. The minimum atomic E-state index is -0.303. The number of aromatic nitrogens is 2. The maximum absolute atomic E-state index is 12.5. The minimum Gasteiger partial charge on any atom is -0.327 e. The fourth-order valence-electron chi connectivity index (χ4n) is 2.76. The summed E-state index contributed by atoms with van der Waals surface area (Å²) in [6, 6.07) is 8.70. The first-order valence-corrected chi connectivity index (χ1v) is 7.42. The van der Waals surface area contributed by atoms with Gasteiger partial charge < -0.3 is 15.2 Å². The average molecular weight is 298 g/mol. The smallest absolute Gasteiger partial charge is 0.322 e. The number of hydrogen-bond acceptors (Lipinski definition) is 3. The van der Waals surface area contributed by atoms with E-state index < -0.39 is 0 Å². The molecule has 0 spiro atoms. The molecule has 0 bridgehead atoms. The van der Waals surface area contributed by atoms with Crippen molar-refractivity contribution in [2.24, 2.45) is 0 Å². The van der Waals surface area contributed by atoms with Crippen LogP contribution in [0.4, 0.5) is 10.5 Å². The van der Waals surface area contributed by atoms with Crippen LogP contribution in [-0.4, -0.2) is 27.4 Å². The standard InChI is InChI=1S/C16H18N4O2/c21-15-13(7-5-10-18-15)19-16(22)20-11-4-2-8-14(20)12-6-1-3-9-17-12/h1,3,5-7,9-10,14H,2,4,8,11H2,(H,18,21)(H,19,22)/t14-/m1/s1. The molecule has 0 radical (unpaired) electrons. The quantitative estimate of drug-likeness (QED) is 0.894. The fraction of sp³-hybridized carbons (Fsp3) is 0.312. The Morgan fingerprint density at radius 2 is 2.18 bits per heavy atom. The largest absolute Gasteiger partial charge is 0.327 e. The van der Waals surface area contributed by atoms with Gasteiger partial charge in [0.25, 0.3) is 5.56 Å². The summed E-state index contributed by atoms with van der Waals surface area (Å²) in [5, 5.41) is 2.70. The Labute approximate surface area is 128 Å². The number of rotatable bonds is 2. The average Bonchev–Trinajstić information content (AvgIpc) is 2.58. The number of carbonyl (C=O) groups is 1. The third-order valence-electron chi connectivity index (χ3n) is 3.85. The van der Waals surface area contributed by atoms with Gasteiger partial charge in [-0.2, -0.15) is 0 Å². The Bertz CT molecular complexity index is 699. The van der Waals surface area contributed by atoms with Crippen LogP contribution in [0.5, 0.6) is 0 Å². The number of H-pyrrole nitrogens is 1. The summed E-state index contributed by atoms with van der Waals surface area (Å²) in [5.41, 5.74) is 0.847. The maximum Gasteiger partial charge on any atom is 0.322 e. The third kappa shape index (κ3) is 3.00. The van der Waals surface area contributed by atoms with Gasteiger partial charge in [-0.25, -0.2) is 4.79 Å². The molecule has 3 heterocycles. The summed E-state index contributed by atoms with van der Waals surface area (Å²) in [5.74, 6) is 0. The monoisotopic (exact) mass is 298 g/mol. The van der Waals surface area contributed by atoms with Crippen molar-refractivity contribution in [2.75, 3.05) is 11.9 Å². The second-order valence-corrected chi connectivity index (χ2v) is 5.30. The lowest BCUT2D eigenvalue weighted by molar-refractivity contribution is 0.161. The second kappa shape index (κ2) is 6.43. The van der Waals surface area contributed by atoms with Crippen molar-refractivity contribution in [2.45, 2.75) is 25.3 Å². The molecule has 1 saturated heterocycles. The Morgan fingerprint density at radius 3 is 2.95 bits per heavy atom. The normalized spacial score (nSPS) is 18.0. The van der Waals surface area contributed by atoms with Gasteiger partial charge in [0.1, 0.15) is 5.69 Å². The molecule has 2 amide bonds. The van der Waals surface area contributed by atoms with Gasteiger partial charge in [0.05, 0.1) is 11.7 Å². The molecule has 0 unspecified atom stereocenters. The van der Waals surface area contributed by atoms with Gasteiger partial charge in [-0.1, -0.05) is 6.07 Å². The van der Waals surface area contributed by atoms with Gasteiger partial charge in [-0.05, 0) is 43.5 Å². The summed E-state index contributed by atoms with van der Waals surface area (Å²) >= 11 is 0. The molecule has 2 aromatic rings. The molecule has 1 aliphatic heterocycles. The van der Waals surface area contributed by atoms with E-state index in [0.29, 0.717) is 6.54 Å². The van der Waals surface area contributed by atoms with Crippen LogP contribution in [0.3, 0.4) is 0 Å². The fourth-order valence-corrected chi connectivity index (χ4v) is 2.76. The van der Waals surface area contributed by atoms with Gasteiger partial charge in [-0.15, -0.1) is 0 Å². The van der Waals surface area contributed by atoms with Crippen molar-refractivity contribution >= 4 is 11.7 Å². The van der Waals surface area contributed by atoms with Crippen LogP contribution in [-0.2, 0) is 0 Å². The highest BCUT2D eigenvalue weighted by atomic mass is 16.2. The topological polar surface area (TPSA) is 78.1 Å². The molecule has 1 aliphatic rings. The predicted molar refractivity (Wildman–Crippen MR) is 83.6 cm³/mol.